The van der Waals surface area contributed by atoms with Gasteiger partial charge < -0.3 is 4.74 Å². The number of imide groups is 1. The topological polar surface area (TPSA) is 46.6 Å². The van der Waals surface area contributed by atoms with Gasteiger partial charge in [0.05, 0.1) is 5.69 Å². The Labute approximate surface area is 117 Å². The van der Waals surface area contributed by atoms with Gasteiger partial charge in [0.15, 0.2) is 0 Å². The molecule has 0 saturated carbocycles. The average molecular weight is 282 g/mol. The van der Waals surface area contributed by atoms with Gasteiger partial charge in [0.25, 0.3) is 5.91 Å². The summed E-state index contributed by atoms with van der Waals surface area (Å²) in [6.45, 7) is 6.83. The lowest BCUT2D eigenvalue weighted by molar-refractivity contribution is -0.119. The second-order valence-electron chi connectivity index (χ2n) is 5.64. The average Bonchev–Trinajstić information content (AvgIpc) is 2.46. The molecule has 2 amide bonds. The van der Waals surface area contributed by atoms with E-state index in [1.165, 1.54) is 0 Å². The lowest BCUT2D eigenvalue weighted by Crippen LogP contribution is -2.42. The van der Waals surface area contributed by atoms with Crippen molar-refractivity contribution in [3.8, 4) is 0 Å². The van der Waals surface area contributed by atoms with Crippen LogP contribution in [0.15, 0.2) is 24.3 Å². The highest BCUT2D eigenvalue weighted by Crippen LogP contribution is 2.44. The van der Waals surface area contributed by atoms with Gasteiger partial charge >= 0.3 is 6.09 Å². The number of hydrogen-bond acceptors (Lipinski definition) is 3. The van der Waals surface area contributed by atoms with E-state index in [1.54, 1.807) is 52.0 Å². The van der Waals surface area contributed by atoms with Crippen LogP contribution in [0.1, 0.15) is 33.3 Å². The van der Waals surface area contributed by atoms with Crippen LogP contribution >= 0.6 is 11.6 Å². The maximum Gasteiger partial charge on any atom is 0.421 e. The fourth-order valence-electron chi connectivity index (χ4n) is 1.99. The van der Waals surface area contributed by atoms with E-state index in [0.717, 1.165) is 4.90 Å². The number of ether oxygens (including phenoxy) is 1. The fourth-order valence-corrected chi connectivity index (χ4v) is 2.23. The molecule has 1 aromatic carbocycles. The second-order valence-corrected chi connectivity index (χ2v) is 6.40. The van der Waals surface area contributed by atoms with Crippen molar-refractivity contribution in [3.05, 3.63) is 29.8 Å². The van der Waals surface area contributed by atoms with Crippen molar-refractivity contribution in [3.63, 3.8) is 0 Å². The summed E-state index contributed by atoms with van der Waals surface area (Å²) in [5.41, 5.74) is 0.434. The van der Waals surface area contributed by atoms with E-state index >= 15 is 0 Å². The number of anilines is 1. The van der Waals surface area contributed by atoms with Gasteiger partial charge in [0.2, 0.25) is 0 Å². The normalized spacial score (nSPS) is 22.4. The molecule has 4 nitrogen and oxygen atoms in total. The molecule has 5 heteroatoms. The molecular weight excluding hydrogens is 266 g/mol. The van der Waals surface area contributed by atoms with Crippen LogP contribution in [0.25, 0.3) is 0 Å². The highest BCUT2D eigenvalue weighted by molar-refractivity contribution is 6.42. The predicted molar refractivity (Wildman–Crippen MR) is 73.4 cm³/mol. The zero-order valence-corrected chi connectivity index (χ0v) is 12.1. The van der Waals surface area contributed by atoms with Crippen LogP contribution in [0.2, 0.25) is 0 Å². The molecule has 0 spiro atoms. The standard InChI is InChI=1S/C14H16ClNO3/c1-13(2,3)19-12(18)16-10-8-6-5-7-9(10)14(4,15)11(16)17/h5-8H,1-4H3/t14-/m0/s1. The summed E-state index contributed by atoms with van der Waals surface area (Å²) >= 11 is 6.26. The van der Waals surface area contributed by atoms with E-state index < -0.39 is 22.5 Å². The summed E-state index contributed by atoms with van der Waals surface area (Å²) < 4.78 is 5.25. The molecule has 19 heavy (non-hydrogen) atoms. The Morgan fingerprint density at radius 2 is 1.89 bits per heavy atom. The largest absolute Gasteiger partial charge is 0.443 e. The summed E-state index contributed by atoms with van der Waals surface area (Å²) in [5.74, 6) is -0.482. The van der Waals surface area contributed by atoms with Crippen LogP contribution in [0.4, 0.5) is 10.5 Å². The number of hydrogen-bond donors (Lipinski definition) is 0. The summed E-state index contributed by atoms with van der Waals surface area (Å²) in [6.07, 6.45) is -0.700. The molecule has 0 bridgehead atoms. The molecule has 0 saturated heterocycles. The van der Waals surface area contributed by atoms with Crippen molar-refractivity contribution in [2.24, 2.45) is 0 Å². The number of carbonyl (C=O) groups is 2. The van der Waals surface area contributed by atoms with Crippen LogP contribution in [-0.2, 0) is 14.4 Å². The van der Waals surface area contributed by atoms with Gasteiger partial charge in [-0.2, -0.15) is 0 Å². The number of alkyl halides is 1. The fraction of sp³-hybridized carbons (Fsp3) is 0.429. The molecule has 1 aliphatic heterocycles. The quantitative estimate of drug-likeness (QED) is 0.685. The molecular formula is C14H16ClNO3. The Morgan fingerprint density at radius 3 is 2.47 bits per heavy atom. The number of fused-ring (bicyclic) bond motifs is 1. The number of halogens is 1. The first-order valence-electron chi connectivity index (χ1n) is 6.00. The summed E-state index contributed by atoms with van der Waals surface area (Å²) in [7, 11) is 0. The Balaban J connectivity index is 2.43. The number of nitrogens with zero attached hydrogens (tertiary/aromatic N) is 1. The Bertz CT molecular complexity index is 546. The smallest absolute Gasteiger partial charge is 0.421 e. The summed E-state index contributed by atoms with van der Waals surface area (Å²) in [5, 5.41) is 0. The molecule has 1 aliphatic rings. The number of rotatable bonds is 0. The number of amides is 2. The van der Waals surface area contributed by atoms with Crippen LogP contribution in [0.3, 0.4) is 0 Å². The molecule has 1 heterocycles. The molecule has 0 aromatic heterocycles. The highest BCUT2D eigenvalue weighted by atomic mass is 35.5. The van der Waals surface area contributed by atoms with Gasteiger partial charge in [-0.3, -0.25) is 4.79 Å². The summed E-state index contributed by atoms with van der Waals surface area (Å²) in [6, 6.07) is 6.96. The molecule has 1 aromatic rings. The molecule has 0 aliphatic carbocycles. The van der Waals surface area contributed by atoms with Crippen LogP contribution in [0, 0.1) is 0 Å². The van der Waals surface area contributed by atoms with Crippen molar-refractivity contribution in [1.82, 2.24) is 0 Å². The lowest BCUT2D eigenvalue weighted by atomic mass is 10.0. The third-order valence-electron chi connectivity index (χ3n) is 2.83. The third-order valence-corrected chi connectivity index (χ3v) is 3.20. The van der Waals surface area contributed by atoms with Crippen LogP contribution < -0.4 is 4.90 Å². The Kier molecular flexibility index (Phi) is 3.09. The van der Waals surface area contributed by atoms with Gasteiger partial charge in [-0.15, -0.1) is 11.6 Å². The van der Waals surface area contributed by atoms with Crippen LogP contribution in [0.5, 0.6) is 0 Å². The number of carbonyl (C=O) groups excluding carboxylic acids is 2. The van der Waals surface area contributed by atoms with E-state index in [4.69, 9.17) is 16.3 Å². The monoisotopic (exact) mass is 281 g/mol. The minimum atomic E-state index is -1.23. The predicted octanol–water partition coefficient (Wildman–Crippen LogP) is 3.42. The minimum absolute atomic E-state index is 0.482. The molecule has 0 unspecified atom stereocenters. The molecule has 0 fully saturated rings. The van der Waals surface area contributed by atoms with Gasteiger partial charge in [0.1, 0.15) is 10.5 Å². The molecule has 102 valence electrons. The highest BCUT2D eigenvalue weighted by Gasteiger charge is 2.49. The van der Waals surface area contributed by atoms with E-state index in [9.17, 15) is 9.59 Å². The summed E-state index contributed by atoms with van der Waals surface area (Å²) in [4.78, 5) is 24.2. The van der Waals surface area contributed by atoms with Crippen molar-refractivity contribution in [2.45, 2.75) is 38.2 Å². The first-order chi connectivity index (χ1) is 8.64. The maximum absolute atomic E-state index is 12.3. The zero-order valence-electron chi connectivity index (χ0n) is 11.4. The first-order valence-corrected chi connectivity index (χ1v) is 6.38. The van der Waals surface area contributed by atoms with Gasteiger partial charge in [-0.05, 0) is 33.8 Å². The number of benzene rings is 1. The molecule has 2 rings (SSSR count). The Hall–Kier alpha value is -1.55. The number of para-hydroxylation sites is 1. The molecule has 1 atom stereocenters. The van der Waals surface area contributed by atoms with Crippen molar-refractivity contribution in [2.75, 3.05) is 4.90 Å². The first kappa shape index (κ1) is 13.9. The van der Waals surface area contributed by atoms with Gasteiger partial charge in [-0.1, -0.05) is 18.2 Å². The Morgan fingerprint density at radius 1 is 1.32 bits per heavy atom. The van der Waals surface area contributed by atoms with Gasteiger partial charge in [-0.25, -0.2) is 9.69 Å². The van der Waals surface area contributed by atoms with Crippen LogP contribution in [-0.4, -0.2) is 17.6 Å². The van der Waals surface area contributed by atoms with E-state index in [0.29, 0.717) is 11.3 Å². The van der Waals surface area contributed by atoms with E-state index in [2.05, 4.69) is 0 Å². The third kappa shape index (κ3) is 2.32. The van der Waals surface area contributed by atoms with Crippen molar-refractivity contribution >= 4 is 29.3 Å². The van der Waals surface area contributed by atoms with E-state index in [1.807, 2.05) is 0 Å². The lowest BCUT2D eigenvalue weighted by Gasteiger charge is -2.24. The minimum Gasteiger partial charge on any atom is -0.443 e. The molecule has 0 N–H and O–H groups in total. The SMILES string of the molecule is CC(C)(C)OC(=O)N1C(=O)[C@@](C)(Cl)c2ccccc21. The van der Waals surface area contributed by atoms with E-state index in [-0.39, 0.29) is 0 Å². The maximum atomic E-state index is 12.3. The van der Waals surface area contributed by atoms with Gasteiger partial charge in [0, 0.05) is 5.56 Å². The zero-order chi connectivity index (χ0) is 14.4. The van der Waals surface area contributed by atoms with Crippen molar-refractivity contribution in [1.29, 1.82) is 0 Å². The second kappa shape index (κ2) is 4.23. The molecule has 0 radical (unpaired) electrons. The van der Waals surface area contributed by atoms with Crippen molar-refractivity contribution < 1.29 is 14.3 Å².